The van der Waals surface area contributed by atoms with Crippen molar-refractivity contribution in [3.05, 3.63) is 51.3 Å². The van der Waals surface area contributed by atoms with E-state index in [9.17, 15) is 14.9 Å². The number of aromatic nitrogens is 4. The molecule has 0 spiro atoms. The van der Waals surface area contributed by atoms with Crippen LogP contribution in [0.1, 0.15) is 37.3 Å². The Morgan fingerprint density at radius 1 is 1.24 bits per heavy atom. The summed E-state index contributed by atoms with van der Waals surface area (Å²) in [5.74, 6) is -0.0518. The Hall–Kier alpha value is -3.03. The quantitative estimate of drug-likeness (QED) is 0.457. The maximum Gasteiger partial charge on any atom is 0.270 e. The highest BCUT2D eigenvalue weighted by Crippen LogP contribution is 2.26. The van der Waals surface area contributed by atoms with Crippen molar-refractivity contribution in [3.8, 4) is 17.3 Å². The minimum atomic E-state index is -0.555. The number of amides is 1. The molecule has 2 heterocycles. The summed E-state index contributed by atoms with van der Waals surface area (Å²) in [5.41, 5.74) is 0.344. The van der Waals surface area contributed by atoms with Gasteiger partial charge in [0.1, 0.15) is 16.6 Å². The monoisotopic (exact) mass is 426 g/mol. The van der Waals surface area contributed by atoms with Crippen LogP contribution in [0.15, 0.2) is 40.3 Å². The molecule has 8 nitrogen and oxygen atoms in total. The molecule has 148 valence electrons. The molecule has 3 rings (SSSR count). The number of carbonyl (C=O) groups excluding carboxylic acids is 1. The van der Waals surface area contributed by atoms with Gasteiger partial charge in [-0.3, -0.25) is 14.9 Å². The van der Waals surface area contributed by atoms with E-state index < -0.39 is 10.8 Å². The van der Waals surface area contributed by atoms with Gasteiger partial charge < -0.3 is 4.98 Å². The number of hydrogen-bond donors (Lipinski definition) is 2. The predicted octanol–water partition coefficient (Wildman–Crippen LogP) is 3.40. The van der Waals surface area contributed by atoms with Gasteiger partial charge in [-0.15, -0.1) is 10.2 Å². The van der Waals surface area contributed by atoms with E-state index in [-0.39, 0.29) is 28.2 Å². The van der Waals surface area contributed by atoms with Crippen molar-refractivity contribution >= 4 is 34.1 Å². The summed E-state index contributed by atoms with van der Waals surface area (Å²) in [6.45, 7) is 5.70. The molecule has 1 atom stereocenters. The fourth-order valence-electron chi connectivity index (χ4n) is 2.36. The van der Waals surface area contributed by atoms with E-state index in [0.29, 0.717) is 10.7 Å². The predicted molar refractivity (Wildman–Crippen MR) is 113 cm³/mol. The van der Waals surface area contributed by atoms with Crippen LogP contribution in [-0.2, 0) is 4.79 Å². The minimum absolute atomic E-state index is 0.0623. The molecule has 1 aromatic carbocycles. The second kappa shape index (κ2) is 8.98. The molecule has 0 saturated heterocycles. The fourth-order valence-corrected chi connectivity index (χ4v) is 3.91. The fraction of sp³-hybridized carbons (Fsp3) is 0.263. The second-order valence-electron chi connectivity index (χ2n) is 6.42. The molecule has 0 aliphatic carbocycles. The Balaban J connectivity index is 1.80. The summed E-state index contributed by atoms with van der Waals surface area (Å²) in [5, 5.41) is 21.1. The summed E-state index contributed by atoms with van der Waals surface area (Å²) >= 11 is 2.42. The molecule has 10 heteroatoms. The first kappa shape index (κ1) is 20.7. The zero-order valence-corrected chi connectivity index (χ0v) is 17.6. The van der Waals surface area contributed by atoms with Gasteiger partial charge in [0, 0.05) is 11.5 Å². The average Bonchev–Trinajstić information content (AvgIpc) is 3.17. The SMILES string of the molecule is CC(C)c1nnc(NC(=O)[C@@H](C)Sc2nc(-c3ccccc3)c(C#N)c(=O)[nH]2)s1. The van der Waals surface area contributed by atoms with E-state index in [1.165, 1.54) is 11.3 Å². The third kappa shape index (κ3) is 4.88. The summed E-state index contributed by atoms with van der Waals surface area (Å²) in [6.07, 6.45) is 0. The van der Waals surface area contributed by atoms with Crippen molar-refractivity contribution in [2.75, 3.05) is 5.32 Å². The van der Waals surface area contributed by atoms with Crippen LogP contribution in [0.3, 0.4) is 0 Å². The topological polar surface area (TPSA) is 124 Å². The lowest BCUT2D eigenvalue weighted by Gasteiger charge is -2.11. The van der Waals surface area contributed by atoms with E-state index in [1.807, 2.05) is 26.0 Å². The number of anilines is 1. The summed E-state index contributed by atoms with van der Waals surface area (Å²) in [7, 11) is 0. The van der Waals surface area contributed by atoms with Crippen LogP contribution < -0.4 is 10.9 Å². The molecule has 0 saturated carbocycles. The van der Waals surface area contributed by atoms with Crippen molar-refractivity contribution in [1.82, 2.24) is 20.2 Å². The van der Waals surface area contributed by atoms with Gasteiger partial charge in [0.2, 0.25) is 11.0 Å². The Morgan fingerprint density at radius 3 is 2.59 bits per heavy atom. The van der Waals surface area contributed by atoms with E-state index >= 15 is 0 Å². The maximum absolute atomic E-state index is 12.5. The van der Waals surface area contributed by atoms with Crippen molar-refractivity contribution < 1.29 is 4.79 Å². The van der Waals surface area contributed by atoms with Gasteiger partial charge in [-0.05, 0) is 6.92 Å². The number of thioether (sulfide) groups is 1. The molecule has 2 N–H and O–H groups in total. The minimum Gasteiger partial charge on any atom is -0.300 e. The van der Waals surface area contributed by atoms with Crippen LogP contribution >= 0.6 is 23.1 Å². The number of nitriles is 1. The van der Waals surface area contributed by atoms with Crippen molar-refractivity contribution in [1.29, 1.82) is 5.26 Å². The number of aromatic amines is 1. The molecule has 0 radical (unpaired) electrons. The molecule has 0 fully saturated rings. The lowest BCUT2D eigenvalue weighted by atomic mass is 10.1. The Bertz CT molecular complexity index is 1120. The maximum atomic E-state index is 12.5. The van der Waals surface area contributed by atoms with Gasteiger partial charge in [-0.2, -0.15) is 5.26 Å². The normalized spacial score (nSPS) is 11.8. The van der Waals surface area contributed by atoms with Crippen LogP contribution in [0.5, 0.6) is 0 Å². The number of hydrogen-bond acceptors (Lipinski definition) is 8. The van der Waals surface area contributed by atoms with Gasteiger partial charge >= 0.3 is 0 Å². The molecule has 0 aliphatic heterocycles. The summed E-state index contributed by atoms with van der Waals surface area (Å²) in [4.78, 5) is 31.8. The first-order valence-electron chi connectivity index (χ1n) is 8.79. The van der Waals surface area contributed by atoms with Gasteiger partial charge in [0.05, 0.1) is 10.9 Å². The molecule has 2 aromatic heterocycles. The van der Waals surface area contributed by atoms with Crippen molar-refractivity contribution in [3.63, 3.8) is 0 Å². The van der Waals surface area contributed by atoms with Crippen LogP contribution in [0.25, 0.3) is 11.3 Å². The highest BCUT2D eigenvalue weighted by atomic mass is 32.2. The van der Waals surface area contributed by atoms with Gasteiger partial charge in [-0.25, -0.2) is 4.98 Å². The zero-order chi connectivity index (χ0) is 21.0. The van der Waals surface area contributed by atoms with Crippen LogP contribution in [0, 0.1) is 11.3 Å². The van der Waals surface area contributed by atoms with Gasteiger partial charge in [0.15, 0.2) is 5.16 Å². The molecule has 0 unspecified atom stereocenters. The summed E-state index contributed by atoms with van der Waals surface area (Å²) < 4.78 is 0. The third-order valence-electron chi connectivity index (χ3n) is 3.88. The molecular formula is C19H18N6O2S2. The third-order valence-corrected chi connectivity index (χ3v) is 6.00. The van der Waals surface area contributed by atoms with E-state index in [0.717, 1.165) is 16.8 Å². The van der Waals surface area contributed by atoms with Crippen molar-refractivity contribution in [2.24, 2.45) is 0 Å². The van der Waals surface area contributed by atoms with Gasteiger partial charge in [0.25, 0.3) is 5.56 Å². The lowest BCUT2D eigenvalue weighted by Crippen LogP contribution is -2.23. The Labute approximate surface area is 175 Å². The van der Waals surface area contributed by atoms with Gasteiger partial charge in [-0.1, -0.05) is 67.3 Å². The summed E-state index contributed by atoms with van der Waals surface area (Å²) in [6, 6.07) is 10.9. The lowest BCUT2D eigenvalue weighted by molar-refractivity contribution is -0.115. The number of H-pyrrole nitrogens is 1. The van der Waals surface area contributed by atoms with E-state index in [4.69, 9.17) is 0 Å². The molecule has 29 heavy (non-hydrogen) atoms. The molecule has 0 bridgehead atoms. The number of carbonyl (C=O) groups is 1. The Kier molecular flexibility index (Phi) is 6.41. The van der Waals surface area contributed by atoms with E-state index in [1.54, 1.807) is 31.2 Å². The molecule has 3 aromatic rings. The highest BCUT2D eigenvalue weighted by molar-refractivity contribution is 8.00. The average molecular weight is 427 g/mol. The number of rotatable bonds is 6. The first-order valence-corrected chi connectivity index (χ1v) is 10.5. The molecule has 0 aliphatic rings. The number of nitrogens with zero attached hydrogens (tertiary/aromatic N) is 4. The molecular weight excluding hydrogens is 408 g/mol. The van der Waals surface area contributed by atoms with Crippen LogP contribution in [-0.4, -0.2) is 31.3 Å². The van der Waals surface area contributed by atoms with Crippen LogP contribution in [0.2, 0.25) is 0 Å². The smallest absolute Gasteiger partial charge is 0.270 e. The zero-order valence-electron chi connectivity index (χ0n) is 16.0. The number of benzene rings is 1. The highest BCUT2D eigenvalue weighted by Gasteiger charge is 2.20. The molecule has 1 amide bonds. The van der Waals surface area contributed by atoms with E-state index in [2.05, 4.69) is 25.5 Å². The first-order chi connectivity index (χ1) is 13.9. The largest absolute Gasteiger partial charge is 0.300 e. The standard InChI is InChI=1S/C19H18N6O2S2/c1-10(2)17-24-25-19(29-17)22-15(26)11(3)28-18-21-14(12-7-5-4-6-8-12)13(9-20)16(27)23-18/h4-8,10-11H,1-3H3,(H,21,23,27)(H,22,25,26)/t11-/m1/s1. The number of nitrogens with one attached hydrogen (secondary N) is 2. The van der Waals surface area contributed by atoms with Crippen LogP contribution in [0.4, 0.5) is 5.13 Å². The van der Waals surface area contributed by atoms with Crippen molar-refractivity contribution in [2.45, 2.75) is 37.1 Å². The Morgan fingerprint density at radius 2 is 1.97 bits per heavy atom. The second-order valence-corrected chi connectivity index (χ2v) is 8.76.